The van der Waals surface area contributed by atoms with Crippen molar-refractivity contribution in [1.82, 2.24) is 25.5 Å². The smallest absolute Gasteiger partial charge is 0.175 e. The van der Waals surface area contributed by atoms with Gasteiger partial charge in [-0.1, -0.05) is 27.7 Å². The highest BCUT2D eigenvalue weighted by Crippen LogP contribution is 2.29. The minimum absolute atomic E-state index is 0.180. The van der Waals surface area contributed by atoms with Crippen LogP contribution in [0.3, 0.4) is 0 Å². The minimum Gasteiger partial charge on any atom is -0.316 e. The first-order valence-electron chi connectivity index (χ1n) is 5.91. The Balaban J connectivity index is 2.70. The number of tetrazole rings is 1. The number of hydrogen-bond donors (Lipinski definition) is 1. The molecule has 1 rings (SSSR count). The van der Waals surface area contributed by atoms with E-state index >= 15 is 0 Å². The van der Waals surface area contributed by atoms with Crippen molar-refractivity contribution in [1.29, 1.82) is 0 Å². The Morgan fingerprint density at radius 2 is 2.12 bits per heavy atom. The first-order valence-corrected chi connectivity index (χ1v) is 5.91. The number of nitrogens with zero attached hydrogens (tertiary/aromatic N) is 4. The number of rotatable bonds is 6. The minimum atomic E-state index is 0.180. The molecule has 1 heterocycles. The van der Waals surface area contributed by atoms with E-state index < -0.39 is 0 Å². The highest BCUT2D eigenvalue weighted by molar-refractivity contribution is 4.91. The van der Waals surface area contributed by atoms with Gasteiger partial charge in [-0.25, -0.2) is 0 Å². The summed E-state index contributed by atoms with van der Waals surface area (Å²) >= 11 is 0. The van der Waals surface area contributed by atoms with Gasteiger partial charge in [-0.3, -0.25) is 0 Å². The molecule has 0 aliphatic rings. The van der Waals surface area contributed by atoms with Crippen LogP contribution in [-0.2, 0) is 13.5 Å². The standard InChI is InChI=1S/C11H23N5/c1-6-12-8-11(4,9(2)3)7-10-13-15-16(5)14-10/h9,12H,6-8H2,1-5H3. The molecular formula is C11H23N5. The third-order valence-electron chi connectivity index (χ3n) is 3.28. The molecule has 0 amide bonds. The van der Waals surface area contributed by atoms with Crippen LogP contribution in [0.4, 0.5) is 0 Å². The lowest BCUT2D eigenvalue weighted by molar-refractivity contribution is 0.204. The lowest BCUT2D eigenvalue weighted by atomic mass is 9.76. The first kappa shape index (κ1) is 13.1. The summed E-state index contributed by atoms with van der Waals surface area (Å²) in [6, 6.07) is 0. The highest BCUT2D eigenvalue weighted by atomic mass is 15.6. The summed E-state index contributed by atoms with van der Waals surface area (Å²) in [5, 5.41) is 15.6. The molecule has 1 unspecified atom stereocenters. The molecule has 1 N–H and O–H groups in total. The number of aryl methyl sites for hydroxylation is 1. The van der Waals surface area contributed by atoms with Gasteiger partial charge in [0.15, 0.2) is 5.82 Å². The van der Waals surface area contributed by atoms with Crippen LogP contribution in [0.1, 0.15) is 33.5 Å². The molecule has 1 aromatic rings. The van der Waals surface area contributed by atoms with Crippen LogP contribution < -0.4 is 5.32 Å². The summed E-state index contributed by atoms with van der Waals surface area (Å²) in [4.78, 5) is 1.52. The predicted octanol–water partition coefficient (Wildman–Crippen LogP) is 1.02. The zero-order chi connectivity index (χ0) is 12.2. The second kappa shape index (κ2) is 5.39. The third-order valence-corrected chi connectivity index (χ3v) is 3.28. The Morgan fingerprint density at radius 1 is 1.44 bits per heavy atom. The molecule has 0 aliphatic heterocycles. The van der Waals surface area contributed by atoms with E-state index in [-0.39, 0.29) is 5.41 Å². The van der Waals surface area contributed by atoms with Crippen molar-refractivity contribution < 1.29 is 0 Å². The van der Waals surface area contributed by atoms with E-state index in [1.807, 2.05) is 0 Å². The maximum Gasteiger partial charge on any atom is 0.175 e. The molecule has 5 heteroatoms. The van der Waals surface area contributed by atoms with Crippen LogP contribution in [0.15, 0.2) is 0 Å². The number of nitrogens with one attached hydrogen (secondary N) is 1. The van der Waals surface area contributed by atoms with Crippen LogP contribution in [0, 0.1) is 11.3 Å². The summed E-state index contributed by atoms with van der Waals surface area (Å²) in [5.41, 5.74) is 0.180. The second-order valence-corrected chi connectivity index (χ2v) is 4.96. The van der Waals surface area contributed by atoms with E-state index in [1.54, 1.807) is 7.05 Å². The lowest BCUT2D eigenvalue weighted by Crippen LogP contribution is -2.38. The maximum atomic E-state index is 4.25. The molecule has 0 saturated carbocycles. The lowest BCUT2D eigenvalue weighted by Gasteiger charge is -2.33. The zero-order valence-electron chi connectivity index (χ0n) is 11.0. The average molecular weight is 225 g/mol. The normalized spacial score (nSPS) is 15.4. The van der Waals surface area contributed by atoms with Crippen LogP contribution in [-0.4, -0.2) is 33.3 Å². The number of hydrogen-bond acceptors (Lipinski definition) is 4. The van der Waals surface area contributed by atoms with Gasteiger partial charge in [0.05, 0.1) is 7.05 Å². The van der Waals surface area contributed by atoms with Crippen LogP contribution in [0.25, 0.3) is 0 Å². The van der Waals surface area contributed by atoms with Crippen molar-refractivity contribution in [3.05, 3.63) is 5.82 Å². The van der Waals surface area contributed by atoms with Crippen molar-refractivity contribution in [2.24, 2.45) is 18.4 Å². The predicted molar refractivity (Wildman–Crippen MR) is 64.0 cm³/mol. The van der Waals surface area contributed by atoms with E-state index in [0.717, 1.165) is 25.3 Å². The molecule has 0 spiro atoms. The molecule has 0 aliphatic carbocycles. The molecule has 0 fully saturated rings. The molecule has 1 aromatic heterocycles. The van der Waals surface area contributed by atoms with Crippen molar-refractivity contribution in [2.75, 3.05) is 13.1 Å². The summed E-state index contributed by atoms with van der Waals surface area (Å²) < 4.78 is 0. The Kier molecular flexibility index (Phi) is 4.41. The fourth-order valence-electron chi connectivity index (χ4n) is 1.64. The van der Waals surface area contributed by atoms with Gasteiger partial charge in [-0.15, -0.1) is 10.2 Å². The van der Waals surface area contributed by atoms with Crippen molar-refractivity contribution >= 4 is 0 Å². The largest absolute Gasteiger partial charge is 0.316 e. The second-order valence-electron chi connectivity index (χ2n) is 4.96. The Bertz CT molecular complexity index is 320. The van der Waals surface area contributed by atoms with Crippen molar-refractivity contribution in [3.63, 3.8) is 0 Å². The molecule has 5 nitrogen and oxygen atoms in total. The summed E-state index contributed by atoms with van der Waals surface area (Å²) in [6.45, 7) is 10.9. The van der Waals surface area contributed by atoms with Crippen molar-refractivity contribution in [2.45, 2.75) is 34.1 Å². The van der Waals surface area contributed by atoms with Gasteiger partial charge in [0.1, 0.15) is 0 Å². The summed E-state index contributed by atoms with van der Waals surface area (Å²) in [5.74, 6) is 1.41. The fraction of sp³-hybridized carbons (Fsp3) is 0.909. The van der Waals surface area contributed by atoms with Gasteiger partial charge < -0.3 is 5.32 Å². The molecule has 0 radical (unpaired) electrons. The molecule has 0 bridgehead atoms. The molecule has 1 atom stereocenters. The van der Waals surface area contributed by atoms with Gasteiger partial charge in [0.2, 0.25) is 0 Å². The Labute approximate surface area is 97.6 Å². The van der Waals surface area contributed by atoms with E-state index in [0.29, 0.717) is 5.92 Å². The Morgan fingerprint density at radius 3 is 2.56 bits per heavy atom. The van der Waals surface area contributed by atoms with Crippen LogP contribution in [0.5, 0.6) is 0 Å². The van der Waals surface area contributed by atoms with Crippen molar-refractivity contribution in [3.8, 4) is 0 Å². The zero-order valence-corrected chi connectivity index (χ0v) is 11.0. The number of aromatic nitrogens is 4. The molecule has 92 valence electrons. The SMILES string of the molecule is CCNCC(C)(Cc1nnn(C)n1)C(C)C. The van der Waals surface area contributed by atoms with Gasteiger partial charge in [-0.2, -0.15) is 4.80 Å². The van der Waals surface area contributed by atoms with E-state index in [4.69, 9.17) is 0 Å². The van der Waals surface area contributed by atoms with E-state index in [2.05, 4.69) is 48.4 Å². The highest BCUT2D eigenvalue weighted by Gasteiger charge is 2.29. The van der Waals surface area contributed by atoms with Gasteiger partial charge in [0.25, 0.3) is 0 Å². The van der Waals surface area contributed by atoms with Crippen LogP contribution in [0.2, 0.25) is 0 Å². The quantitative estimate of drug-likeness (QED) is 0.785. The molecule has 0 saturated heterocycles. The van der Waals surface area contributed by atoms with Gasteiger partial charge in [-0.05, 0) is 23.1 Å². The summed E-state index contributed by atoms with van der Waals surface area (Å²) in [6.07, 6.45) is 0.867. The Hall–Kier alpha value is -0.970. The average Bonchev–Trinajstić information content (AvgIpc) is 2.60. The molecule has 0 aromatic carbocycles. The van der Waals surface area contributed by atoms with Gasteiger partial charge in [0, 0.05) is 13.0 Å². The fourth-order valence-corrected chi connectivity index (χ4v) is 1.64. The maximum absolute atomic E-state index is 4.25. The van der Waals surface area contributed by atoms with E-state index in [9.17, 15) is 0 Å². The van der Waals surface area contributed by atoms with E-state index in [1.165, 1.54) is 4.80 Å². The monoisotopic (exact) mass is 225 g/mol. The summed E-state index contributed by atoms with van der Waals surface area (Å²) in [7, 11) is 1.80. The van der Waals surface area contributed by atoms with Crippen LogP contribution >= 0.6 is 0 Å². The third kappa shape index (κ3) is 3.27. The first-order chi connectivity index (χ1) is 7.48. The molecule has 16 heavy (non-hydrogen) atoms. The van der Waals surface area contributed by atoms with Gasteiger partial charge >= 0.3 is 0 Å². The molecular weight excluding hydrogens is 202 g/mol. The topological polar surface area (TPSA) is 55.6 Å².